The SMILES string of the molecule is ONC1CC2C=CC1C2. The van der Waals surface area contributed by atoms with Gasteiger partial charge in [-0.3, -0.25) is 0 Å². The molecule has 3 atom stereocenters. The van der Waals surface area contributed by atoms with Crippen LogP contribution in [0, 0.1) is 11.8 Å². The van der Waals surface area contributed by atoms with E-state index in [1.54, 1.807) is 0 Å². The van der Waals surface area contributed by atoms with E-state index in [1.807, 2.05) is 0 Å². The molecule has 0 heterocycles. The third-order valence-electron chi connectivity index (χ3n) is 2.44. The van der Waals surface area contributed by atoms with Crippen LogP contribution in [0.15, 0.2) is 12.2 Å². The monoisotopic (exact) mass is 125 g/mol. The summed E-state index contributed by atoms with van der Waals surface area (Å²) in [6, 6.07) is 0.347. The Kier molecular flexibility index (Phi) is 1.10. The largest absolute Gasteiger partial charge is 0.317 e. The maximum Gasteiger partial charge on any atom is 0.0388 e. The van der Waals surface area contributed by atoms with Crippen molar-refractivity contribution in [2.75, 3.05) is 0 Å². The summed E-state index contributed by atoms with van der Waals surface area (Å²) in [5.41, 5.74) is 2.34. The minimum atomic E-state index is 0.347. The maximum absolute atomic E-state index is 8.60. The third kappa shape index (κ3) is 0.705. The van der Waals surface area contributed by atoms with E-state index in [2.05, 4.69) is 17.6 Å². The van der Waals surface area contributed by atoms with Crippen LogP contribution in [-0.4, -0.2) is 11.2 Å². The quantitative estimate of drug-likeness (QED) is 0.403. The van der Waals surface area contributed by atoms with Gasteiger partial charge in [0, 0.05) is 6.04 Å². The first kappa shape index (κ1) is 5.45. The van der Waals surface area contributed by atoms with Gasteiger partial charge in [-0.2, -0.15) is 0 Å². The molecule has 0 radical (unpaired) electrons. The van der Waals surface area contributed by atoms with Crippen molar-refractivity contribution in [3.63, 3.8) is 0 Å². The van der Waals surface area contributed by atoms with E-state index in [1.165, 1.54) is 6.42 Å². The van der Waals surface area contributed by atoms with Crippen LogP contribution < -0.4 is 5.48 Å². The fourth-order valence-electron chi connectivity index (χ4n) is 1.93. The maximum atomic E-state index is 8.60. The van der Waals surface area contributed by atoms with Crippen LogP contribution >= 0.6 is 0 Å². The fourth-order valence-corrected chi connectivity index (χ4v) is 1.93. The average Bonchev–Trinajstić information content (AvgIpc) is 2.45. The summed E-state index contributed by atoms with van der Waals surface area (Å²) in [4.78, 5) is 0. The molecule has 0 aromatic heterocycles. The predicted octanol–water partition coefficient (Wildman–Crippen LogP) is 0.930. The van der Waals surface area contributed by atoms with E-state index >= 15 is 0 Å². The molecule has 9 heavy (non-hydrogen) atoms. The van der Waals surface area contributed by atoms with Crippen molar-refractivity contribution in [2.45, 2.75) is 18.9 Å². The van der Waals surface area contributed by atoms with Crippen molar-refractivity contribution in [3.8, 4) is 0 Å². The molecule has 2 aliphatic carbocycles. The van der Waals surface area contributed by atoms with Crippen LogP contribution in [-0.2, 0) is 0 Å². The molecule has 2 rings (SSSR count). The number of hydrogen-bond donors (Lipinski definition) is 2. The van der Waals surface area contributed by atoms with E-state index in [9.17, 15) is 0 Å². The van der Waals surface area contributed by atoms with Gasteiger partial charge in [-0.1, -0.05) is 12.2 Å². The van der Waals surface area contributed by atoms with Gasteiger partial charge in [-0.05, 0) is 24.7 Å². The molecule has 0 aromatic rings. The zero-order chi connectivity index (χ0) is 6.27. The average molecular weight is 125 g/mol. The summed E-state index contributed by atoms with van der Waals surface area (Å²) in [6.07, 6.45) is 6.84. The summed E-state index contributed by atoms with van der Waals surface area (Å²) in [5, 5.41) is 8.60. The lowest BCUT2D eigenvalue weighted by molar-refractivity contribution is 0.114. The normalized spacial score (nSPS) is 46.6. The highest BCUT2D eigenvalue weighted by Gasteiger charge is 2.34. The smallest absolute Gasteiger partial charge is 0.0388 e. The second-order valence-electron chi connectivity index (χ2n) is 3.02. The summed E-state index contributed by atoms with van der Waals surface area (Å²) in [7, 11) is 0. The first-order chi connectivity index (χ1) is 4.40. The number of nitrogens with one attached hydrogen (secondary N) is 1. The van der Waals surface area contributed by atoms with Gasteiger partial charge in [0.15, 0.2) is 0 Å². The standard InChI is InChI=1S/C7H11NO/c9-8-7-4-5-1-2-6(7)3-5/h1-2,5-9H,3-4H2. The Labute approximate surface area is 54.5 Å². The van der Waals surface area contributed by atoms with Gasteiger partial charge >= 0.3 is 0 Å². The number of hydroxylamine groups is 1. The van der Waals surface area contributed by atoms with E-state index in [0.717, 1.165) is 12.3 Å². The number of fused-ring (bicyclic) bond motifs is 2. The van der Waals surface area contributed by atoms with E-state index < -0.39 is 0 Å². The highest BCUT2D eigenvalue weighted by atomic mass is 16.5. The summed E-state index contributed by atoms with van der Waals surface area (Å²) >= 11 is 0. The minimum Gasteiger partial charge on any atom is -0.317 e. The van der Waals surface area contributed by atoms with E-state index in [-0.39, 0.29) is 0 Å². The lowest BCUT2D eigenvalue weighted by Gasteiger charge is -2.14. The van der Waals surface area contributed by atoms with Crippen molar-refractivity contribution in [1.29, 1.82) is 0 Å². The zero-order valence-corrected chi connectivity index (χ0v) is 5.25. The Morgan fingerprint density at radius 2 is 2.22 bits per heavy atom. The van der Waals surface area contributed by atoms with Crippen molar-refractivity contribution in [2.24, 2.45) is 11.8 Å². The molecule has 0 amide bonds. The number of allylic oxidation sites excluding steroid dienone is 1. The number of hydrogen-bond acceptors (Lipinski definition) is 2. The first-order valence-corrected chi connectivity index (χ1v) is 3.48. The van der Waals surface area contributed by atoms with Gasteiger partial charge in [0.1, 0.15) is 0 Å². The Hall–Kier alpha value is -0.340. The topological polar surface area (TPSA) is 32.3 Å². The van der Waals surface area contributed by atoms with Crippen LogP contribution in [0.1, 0.15) is 12.8 Å². The molecular formula is C7H11NO. The molecule has 2 nitrogen and oxygen atoms in total. The molecule has 2 N–H and O–H groups in total. The Bertz CT molecular complexity index is 144. The van der Waals surface area contributed by atoms with Crippen LogP contribution in [0.5, 0.6) is 0 Å². The highest BCUT2D eigenvalue weighted by Crippen LogP contribution is 2.38. The second kappa shape index (κ2) is 1.82. The molecule has 0 saturated heterocycles. The lowest BCUT2D eigenvalue weighted by atomic mass is 10.0. The van der Waals surface area contributed by atoms with Gasteiger partial charge in [-0.15, -0.1) is 0 Å². The summed E-state index contributed by atoms with van der Waals surface area (Å²) in [6.45, 7) is 0. The highest BCUT2D eigenvalue weighted by molar-refractivity contribution is 5.11. The van der Waals surface area contributed by atoms with Crippen LogP contribution in [0.3, 0.4) is 0 Å². The molecule has 3 unspecified atom stereocenters. The molecule has 0 aromatic carbocycles. The van der Waals surface area contributed by atoms with Gasteiger partial charge in [0.25, 0.3) is 0 Å². The second-order valence-corrected chi connectivity index (χ2v) is 3.02. The van der Waals surface area contributed by atoms with Crippen molar-refractivity contribution in [3.05, 3.63) is 12.2 Å². The van der Waals surface area contributed by atoms with Gasteiger partial charge in [-0.25, -0.2) is 5.48 Å². The van der Waals surface area contributed by atoms with Gasteiger partial charge in [0.05, 0.1) is 0 Å². The molecular weight excluding hydrogens is 114 g/mol. The number of rotatable bonds is 1. The van der Waals surface area contributed by atoms with Gasteiger partial charge < -0.3 is 5.21 Å². The molecule has 0 aliphatic heterocycles. The molecule has 1 fully saturated rings. The Balaban J connectivity index is 2.10. The van der Waals surface area contributed by atoms with E-state index in [4.69, 9.17) is 5.21 Å². The summed E-state index contributed by atoms with van der Waals surface area (Å²) < 4.78 is 0. The van der Waals surface area contributed by atoms with E-state index in [0.29, 0.717) is 12.0 Å². The fraction of sp³-hybridized carbons (Fsp3) is 0.714. The predicted molar refractivity (Wildman–Crippen MR) is 34.1 cm³/mol. The summed E-state index contributed by atoms with van der Waals surface area (Å²) in [5.74, 6) is 1.36. The molecule has 50 valence electrons. The van der Waals surface area contributed by atoms with Crippen LogP contribution in [0.25, 0.3) is 0 Å². The van der Waals surface area contributed by atoms with Crippen LogP contribution in [0.2, 0.25) is 0 Å². The molecule has 2 heteroatoms. The van der Waals surface area contributed by atoms with Crippen molar-refractivity contribution >= 4 is 0 Å². The third-order valence-corrected chi connectivity index (χ3v) is 2.44. The van der Waals surface area contributed by atoms with Crippen LogP contribution in [0.4, 0.5) is 0 Å². The minimum absolute atomic E-state index is 0.347. The van der Waals surface area contributed by atoms with Gasteiger partial charge in [0.2, 0.25) is 0 Å². The van der Waals surface area contributed by atoms with Crippen molar-refractivity contribution < 1.29 is 5.21 Å². The first-order valence-electron chi connectivity index (χ1n) is 3.48. The molecule has 2 aliphatic rings. The zero-order valence-electron chi connectivity index (χ0n) is 5.25. The molecule has 2 bridgehead atoms. The van der Waals surface area contributed by atoms with Crippen molar-refractivity contribution in [1.82, 2.24) is 5.48 Å². The lowest BCUT2D eigenvalue weighted by Crippen LogP contribution is -2.29. The molecule has 1 saturated carbocycles. The molecule has 0 spiro atoms. The Morgan fingerprint density at radius 3 is 2.56 bits per heavy atom. The Morgan fingerprint density at radius 1 is 1.33 bits per heavy atom.